The van der Waals surface area contributed by atoms with Crippen LogP contribution in [0.15, 0.2) is 0 Å². The number of hydrogen-bond acceptors (Lipinski definition) is 15. The first-order valence-electron chi connectivity index (χ1n) is 36.2. The summed E-state index contributed by atoms with van der Waals surface area (Å²) >= 11 is 0. The summed E-state index contributed by atoms with van der Waals surface area (Å²) in [5, 5.41) is 10.6. The molecule has 0 radical (unpaired) electrons. The van der Waals surface area contributed by atoms with E-state index in [4.69, 9.17) is 37.0 Å². The Hall–Kier alpha value is -1.94. The molecule has 0 aromatic rings. The minimum Gasteiger partial charge on any atom is -0.462 e. The lowest BCUT2D eigenvalue weighted by atomic mass is 9.99. The van der Waals surface area contributed by atoms with Gasteiger partial charge in [-0.05, 0) is 49.4 Å². The van der Waals surface area contributed by atoms with Gasteiger partial charge in [-0.2, -0.15) is 0 Å². The number of esters is 4. The fourth-order valence-electron chi connectivity index (χ4n) is 10.5. The lowest BCUT2D eigenvalue weighted by Crippen LogP contribution is -2.30. The van der Waals surface area contributed by atoms with Crippen molar-refractivity contribution in [1.29, 1.82) is 0 Å². The van der Waals surface area contributed by atoms with Crippen molar-refractivity contribution in [2.75, 3.05) is 39.6 Å². The smallest absolute Gasteiger partial charge is 0.462 e. The second-order valence-electron chi connectivity index (χ2n) is 26.9. The summed E-state index contributed by atoms with van der Waals surface area (Å²) in [6.07, 6.45) is 41.7. The van der Waals surface area contributed by atoms with Gasteiger partial charge in [0.25, 0.3) is 0 Å². The standard InChI is InChI=1S/C70H136O17P2/c1-9-63(8)49-41-33-25-16-13-14-18-27-36-44-52-69(74)86-66(57-81-68(73)51-43-35-29-21-24-32-40-48-62(6)7)59-85-89(78,79)83-55-64(71)54-82-88(76,77)84-58-65(87-70(75)53-45-37-28-20-19-23-31-39-47-61(4)5)56-80-67(72)50-42-34-26-17-12-10-11-15-22-30-38-46-60(2)3/h60-66,71H,9-59H2,1-8H3,(H,76,77)(H,78,79)/t63?,64?,65-,66-/m1/s1. The minimum absolute atomic E-state index is 0.104. The molecule has 0 aromatic heterocycles. The Morgan fingerprint density at radius 2 is 0.539 bits per heavy atom. The number of hydrogen-bond donors (Lipinski definition) is 3. The van der Waals surface area contributed by atoms with Gasteiger partial charge in [0.05, 0.1) is 26.4 Å². The molecule has 89 heavy (non-hydrogen) atoms. The van der Waals surface area contributed by atoms with E-state index in [2.05, 4.69) is 55.4 Å². The summed E-state index contributed by atoms with van der Waals surface area (Å²) in [7, 11) is -9.90. The second-order valence-corrected chi connectivity index (χ2v) is 29.8. The monoisotopic (exact) mass is 1310 g/mol. The van der Waals surface area contributed by atoms with Crippen LogP contribution in [-0.4, -0.2) is 96.7 Å². The Bertz CT molecular complexity index is 1770. The second kappa shape index (κ2) is 59.8. The van der Waals surface area contributed by atoms with Crippen molar-refractivity contribution in [1.82, 2.24) is 0 Å². The van der Waals surface area contributed by atoms with E-state index < -0.39 is 97.5 Å². The number of carbonyl (C=O) groups excluding carboxylic acids is 4. The van der Waals surface area contributed by atoms with Crippen LogP contribution >= 0.6 is 15.6 Å². The van der Waals surface area contributed by atoms with E-state index in [0.29, 0.717) is 31.6 Å². The fourth-order valence-corrected chi connectivity index (χ4v) is 12.0. The zero-order valence-electron chi connectivity index (χ0n) is 58.1. The van der Waals surface area contributed by atoms with Crippen molar-refractivity contribution >= 4 is 39.5 Å². The third kappa shape index (κ3) is 63.2. The van der Waals surface area contributed by atoms with Crippen molar-refractivity contribution in [2.45, 2.75) is 363 Å². The molecule has 17 nitrogen and oxygen atoms in total. The van der Waals surface area contributed by atoms with Crippen LogP contribution in [0.5, 0.6) is 0 Å². The lowest BCUT2D eigenvalue weighted by molar-refractivity contribution is -0.161. The molecule has 0 amide bonds. The number of rotatable bonds is 67. The van der Waals surface area contributed by atoms with Crippen molar-refractivity contribution in [3.63, 3.8) is 0 Å². The maximum atomic E-state index is 13.0. The van der Waals surface area contributed by atoms with E-state index in [9.17, 15) is 43.2 Å². The van der Waals surface area contributed by atoms with Crippen LogP contribution in [0.2, 0.25) is 0 Å². The third-order valence-electron chi connectivity index (χ3n) is 16.4. The number of phosphoric ester groups is 2. The van der Waals surface area contributed by atoms with Crippen LogP contribution in [0.25, 0.3) is 0 Å². The van der Waals surface area contributed by atoms with E-state index in [-0.39, 0.29) is 25.7 Å². The minimum atomic E-state index is -4.95. The number of ether oxygens (including phenoxy) is 4. The quantitative estimate of drug-likeness (QED) is 0.0222. The van der Waals surface area contributed by atoms with E-state index in [0.717, 1.165) is 114 Å². The Kier molecular flexibility index (Phi) is 58.5. The van der Waals surface area contributed by atoms with Gasteiger partial charge in [0, 0.05) is 25.7 Å². The molecule has 0 aliphatic rings. The Morgan fingerprint density at radius 3 is 0.798 bits per heavy atom. The summed E-state index contributed by atoms with van der Waals surface area (Å²) in [5.74, 6) is 0.866. The van der Waals surface area contributed by atoms with Gasteiger partial charge in [-0.15, -0.1) is 0 Å². The van der Waals surface area contributed by atoms with Crippen molar-refractivity contribution in [3.05, 3.63) is 0 Å². The lowest BCUT2D eigenvalue weighted by Gasteiger charge is -2.21. The highest BCUT2D eigenvalue weighted by Gasteiger charge is 2.30. The summed E-state index contributed by atoms with van der Waals surface area (Å²) in [6, 6.07) is 0. The average molecular weight is 1310 g/mol. The molecule has 0 bridgehead atoms. The topological polar surface area (TPSA) is 237 Å². The number of unbranched alkanes of at least 4 members (excludes halogenated alkanes) is 32. The Balaban J connectivity index is 5.25. The van der Waals surface area contributed by atoms with E-state index >= 15 is 0 Å². The SMILES string of the molecule is CCC(C)CCCCCCCCCCCCC(=O)O[C@H](COC(=O)CCCCCCCCCC(C)C)COP(=O)(O)OCC(O)COP(=O)(O)OC[C@@H](COC(=O)CCCCCCCCCCCCCC(C)C)OC(=O)CCCCCCCCCCC(C)C. The van der Waals surface area contributed by atoms with Gasteiger partial charge >= 0.3 is 39.5 Å². The molecule has 0 aliphatic carbocycles. The summed E-state index contributed by atoms with van der Waals surface area (Å²) in [5.41, 5.74) is 0. The highest BCUT2D eigenvalue weighted by molar-refractivity contribution is 7.47. The first-order valence-corrected chi connectivity index (χ1v) is 39.2. The number of aliphatic hydroxyl groups is 1. The molecule has 4 unspecified atom stereocenters. The molecule has 0 aromatic carbocycles. The summed E-state index contributed by atoms with van der Waals surface area (Å²) in [4.78, 5) is 72.5. The van der Waals surface area contributed by atoms with Crippen LogP contribution in [0.4, 0.5) is 0 Å². The van der Waals surface area contributed by atoms with Crippen molar-refractivity contribution in [2.24, 2.45) is 23.7 Å². The van der Waals surface area contributed by atoms with Gasteiger partial charge in [-0.3, -0.25) is 37.3 Å². The average Bonchev–Trinajstić information content (AvgIpc) is 3.65. The Morgan fingerprint density at radius 1 is 0.315 bits per heavy atom. The number of carbonyl (C=O) groups is 4. The van der Waals surface area contributed by atoms with Crippen molar-refractivity contribution in [3.8, 4) is 0 Å². The van der Waals surface area contributed by atoms with Gasteiger partial charge in [-0.25, -0.2) is 9.13 Å². The van der Waals surface area contributed by atoms with Gasteiger partial charge in [-0.1, -0.05) is 293 Å². The first-order chi connectivity index (χ1) is 42.6. The molecule has 0 heterocycles. The van der Waals surface area contributed by atoms with E-state index in [1.807, 2.05) is 0 Å². The molecule has 0 spiro atoms. The largest absolute Gasteiger partial charge is 0.472 e. The Labute approximate surface area is 543 Å². The molecule has 0 fully saturated rings. The molecule has 19 heteroatoms. The van der Waals surface area contributed by atoms with Crippen LogP contribution in [0, 0.1) is 23.7 Å². The number of phosphoric acid groups is 2. The molecule has 528 valence electrons. The summed E-state index contributed by atoms with van der Waals surface area (Å²) in [6.45, 7) is 14.1. The van der Waals surface area contributed by atoms with Crippen LogP contribution in [0.3, 0.4) is 0 Å². The van der Waals surface area contributed by atoms with Gasteiger partial charge in [0.1, 0.15) is 19.3 Å². The third-order valence-corrected chi connectivity index (χ3v) is 18.3. The fraction of sp³-hybridized carbons (Fsp3) is 0.943. The molecular weight excluding hydrogens is 1170 g/mol. The van der Waals surface area contributed by atoms with Crippen LogP contribution in [0.1, 0.15) is 344 Å². The predicted molar refractivity (Wildman–Crippen MR) is 358 cm³/mol. The van der Waals surface area contributed by atoms with Crippen LogP contribution < -0.4 is 0 Å². The molecule has 0 rings (SSSR count). The van der Waals surface area contributed by atoms with Crippen LogP contribution in [-0.2, 0) is 65.4 Å². The predicted octanol–water partition coefficient (Wildman–Crippen LogP) is 19.7. The maximum Gasteiger partial charge on any atom is 0.472 e. The summed E-state index contributed by atoms with van der Waals surface area (Å²) < 4.78 is 68.3. The normalized spacial score (nSPS) is 14.6. The molecule has 0 saturated heterocycles. The van der Waals surface area contributed by atoms with E-state index in [1.54, 1.807) is 0 Å². The van der Waals surface area contributed by atoms with Crippen molar-refractivity contribution < 1.29 is 80.2 Å². The maximum absolute atomic E-state index is 13.0. The van der Waals surface area contributed by atoms with Gasteiger partial charge in [0.15, 0.2) is 12.2 Å². The highest BCUT2D eigenvalue weighted by Crippen LogP contribution is 2.45. The highest BCUT2D eigenvalue weighted by atomic mass is 31.2. The van der Waals surface area contributed by atoms with E-state index in [1.165, 1.54) is 141 Å². The van der Waals surface area contributed by atoms with Gasteiger partial charge in [0.2, 0.25) is 0 Å². The molecule has 6 atom stereocenters. The van der Waals surface area contributed by atoms with Gasteiger partial charge < -0.3 is 33.8 Å². The zero-order valence-corrected chi connectivity index (χ0v) is 59.8. The number of aliphatic hydroxyl groups excluding tert-OH is 1. The first kappa shape index (κ1) is 87.1. The molecule has 0 aliphatic heterocycles. The molecule has 3 N–H and O–H groups in total. The zero-order chi connectivity index (χ0) is 66.1. The molecule has 0 saturated carbocycles. The molecular formula is C70H136O17P2.